The molecule has 0 aliphatic heterocycles. The molecule has 94 valence electrons. The molecule has 0 aliphatic rings. The van der Waals surface area contributed by atoms with Gasteiger partial charge < -0.3 is 9.63 Å². The van der Waals surface area contributed by atoms with Crippen molar-refractivity contribution in [2.75, 3.05) is 26.5 Å². The highest BCUT2D eigenvalue weighted by Gasteiger charge is 2.03. The summed E-state index contributed by atoms with van der Waals surface area (Å²) in [5.41, 5.74) is 0. The molecule has 0 aromatic heterocycles. The molecule has 4 heteroatoms. The molecule has 0 spiro atoms. The van der Waals surface area contributed by atoms with Crippen LogP contribution in [0.15, 0.2) is 36.4 Å². The third kappa shape index (κ3) is 19.0. The van der Waals surface area contributed by atoms with E-state index in [4.69, 9.17) is 5.11 Å². The zero-order valence-electron chi connectivity index (χ0n) is 10.6. The van der Waals surface area contributed by atoms with E-state index in [1.54, 1.807) is 0 Å². The van der Waals surface area contributed by atoms with E-state index in [2.05, 4.69) is 4.52 Å². The van der Waals surface area contributed by atoms with Crippen molar-refractivity contribution in [1.29, 1.82) is 0 Å². The maximum absolute atomic E-state index is 10.6. The standard InChI is InChI=1S/C6H6.C4H11O3P.C2H6/c1-2-4-6-5-3-1;1-8(2,6)7-4-3-5;1-2/h1-6H;5H,3-4H2,1-2H3;1-2H3. The first-order valence-electron chi connectivity index (χ1n) is 5.36. The van der Waals surface area contributed by atoms with Crippen LogP contribution in [-0.4, -0.2) is 31.6 Å². The molecule has 0 radical (unpaired) electrons. The fraction of sp³-hybridized carbons (Fsp3) is 0.500. The minimum absolute atomic E-state index is 0.0638. The number of hydrogen-bond donors (Lipinski definition) is 1. The topological polar surface area (TPSA) is 46.5 Å². The Morgan fingerprint density at radius 1 is 1.00 bits per heavy atom. The summed E-state index contributed by atoms with van der Waals surface area (Å²) < 4.78 is 15.3. The zero-order chi connectivity index (χ0) is 12.9. The Kier molecular flexibility index (Phi) is 13.8. The molecule has 1 N–H and O–H groups in total. The molecule has 0 amide bonds. The molecule has 3 nitrogen and oxygen atoms in total. The van der Waals surface area contributed by atoms with Crippen LogP contribution in [0.3, 0.4) is 0 Å². The lowest BCUT2D eigenvalue weighted by atomic mass is 10.4. The van der Waals surface area contributed by atoms with E-state index in [9.17, 15) is 4.57 Å². The number of rotatable bonds is 3. The first kappa shape index (κ1) is 17.8. The second-order valence-corrected chi connectivity index (χ2v) is 5.73. The van der Waals surface area contributed by atoms with Crippen molar-refractivity contribution in [3.05, 3.63) is 36.4 Å². The van der Waals surface area contributed by atoms with Crippen LogP contribution in [0, 0.1) is 0 Å². The van der Waals surface area contributed by atoms with Crippen LogP contribution in [0.2, 0.25) is 0 Å². The summed E-state index contributed by atoms with van der Waals surface area (Å²) >= 11 is 0. The molecule has 0 heterocycles. The van der Waals surface area contributed by atoms with E-state index in [1.165, 1.54) is 13.3 Å². The molecule has 16 heavy (non-hydrogen) atoms. The van der Waals surface area contributed by atoms with Gasteiger partial charge in [-0.3, -0.25) is 4.57 Å². The molecular weight excluding hydrogens is 223 g/mol. The van der Waals surface area contributed by atoms with Crippen molar-refractivity contribution < 1.29 is 14.2 Å². The zero-order valence-corrected chi connectivity index (χ0v) is 11.5. The molecule has 1 aromatic carbocycles. The minimum Gasteiger partial charge on any atom is -0.394 e. The largest absolute Gasteiger partial charge is 0.394 e. The average molecular weight is 246 g/mol. The van der Waals surface area contributed by atoms with Crippen molar-refractivity contribution in [3.8, 4) is 0 Å². The first-order valence-corrected chi connectivity index (χ1v) is 7.88. The molecule has 0 fully saturated rings. The predicted octanol–water partition coefficient (Wildman–Crippen LogP) is 3.25. The number of benzene rings is 1. The summed E-state index contributed by atoms with van der Waals surface area (Å²) in [6.07, 6.45) is 0. The van der Waals surface area contributed by atoms with Gasteiger partial charge in [-0.05, 0) is 0 Å². The van der Waals surface area contributed by atoms with Gasteiger partial charge in [-0.2, -0.15) is 0 Å². The fourth-order valence-electron chi connectivity index (χ4n) is 0.646. The van der Waals surface area contributed by atoms with Gasteiger partial charge in [0.05, 0.1) is 13.2 Å². The first-order chi connectivity index (χ1) is 7.56. The fourth-order valence-corrected chi connectivity index (χ4v) is 1.17. The van der Waals surface area contributed by atoms with Crippen LogP contribution in [0.4, 0.5) is 0 Å². The number of aliphatic hydroxyl groups is 1. The average Bonchev–Trinajstić information content (AvgIpc) is 2.31. The van der Waals surface area contributed by atoms with Crippen LogP contribution in [0.25, 0.3) is 0 Å². The maximum atomic E-state index is 10.6. The van der Waals surface area contributed by atoms with Gasteiger partial charge in [0, 0.05) is 13.3 Å². The van der Waals surface area contributed by atoms with Gasteiger partial charge in [0.15, 0.2) is 7.37 Å². The molecule has 0 saturated carbocycles. The van der Waals surface area contributed by atoms with E-state index in [0.29, 0.717) is 0 Å². The quantitative estimate of drug-likeness (QED) is 0.833. The molecule has 0 saturated heterocycles. The monoisotopic (exact) mass is 246 g/mol. The van der Waals surface area contributed by atoms with Crippen LogP contribution in [-0.2, 0) is 9.09 Å². The van der Waals surface area contributed by atoms with E-state index >= 15 is 0 Å². The van der Waals surface area contributed by atoms with Crippen molar-refractivity contribution in [2.24, 2.45) is 0 Å². The third-order valence-corrected chi connectivity index (χ3v) is 1.96. The van der Waals surface area contributed by atoms with Gasteiger partial charge >= 0.3 is 0 Å². The lowest BCUT2D eigenvalue weighted by Crippen LogP contribution is -1.95. The Labute approximate surface area is 98.9 Å². The minimum atomic E-state index is -2.34. The van der Waals surface area contributed by atoms with Gasteiger partial charge in [0.1, 0.15) is 0 Å². The van der Waals surface area contributed by atoms with Gasteiger partial charge in [0.2, 0.25) is 0 Å². The van der Waals surface area contributed by atoms with Crippen LogP contribution in [0.1, 0.15) is 13.8 Å². The summed E-state index contributed by atoms with van der Waals surface area (Å²) in [7, 11) is -2.34. The Bertz CT molecular complexity index is 230. The third-order valence-electron chi connectivity index (χ3n) is 1.16. The highest BCUT2D eigenvalue weighted by Crippen LogP contribution is 2.36. The van der Waals surface area contributed by atoms with Gasteiger partial charge in [-0.15, -0.1) is 0 Å². The Morgan fingerprint density at radius 2 is 1.31 bits per heavy atom. The summed E-state index contributed by atoms with van der Waals surface area (Å²) in [5.74, 6) is 0. The number of aliphatic hydroxyl groups excluding tert-OH is 1. The Balaban J connectivity index is 0. The number of hydrogen-bond acceptors (Lipinski definition) is 3. The van der Waals surface area contributed by atoms with Crippen LogP contribution < -0.4 is 0 Å². The van der Waals surface area contributed by atoms with E-state index < -0.39 is 7.37 Å². The van der Waals surface area contributed by atoms with Gasteiger partial charge in [-0.25, -0.2) is 0 Å². The molecular formula is C12H23O3P. The normalized spacial score (nSPS) is 9.31. The molecule has 0 aliphatic carbocycles. The van der Waals surface area contributed by atoms with E-state index in [0.717, 1.165) is 0 Å². The van der Waals surface area contributed by atoms with Crippen molar-refractivity contribution in [3.63, 3.8) is 0 Å². The summed E-state index contributed by atoms with van der Waals surface area (Å²) in [6.45, 7) is 7.14. The lowest BCUT2D eigenvalue weighted by Gasteiger charge is -2.04. The second kappa shape index (κ2) is 12.4. The van der Waals surface area contributed by atoms with Crippen molar-refractivity contribution >= 4 is 7.37 Å². The molecule has 0 unspecified atom stereocenters. The second-order valence-electron chi connectivity index (χ2n) is 2.96. The highest BCUT2D eigenvalue weighted by atomic mass is 31.2. The Hall–Kier alpha value is -0.630. The molecule has 0 bridgehead atoms. The van der Waals surface area contributed by atoms with Crippen LogP contribution >= 0.6 is 7.37 Å². The van der Waals surface area contributed by atoms with E-state index in [1.807, 2.05) is 50.2 Å². The maximum Gasteiger partial charge on any atom is 0.197 e. The molecule has 0 atom stereocenters. The lowest BCUT2D eigenvalue weighted by molar-refractivity contribution is 0.205. The van der Waals surface area contributed by atoms with Crippen molar-refractivity contribution in [2.45, 2.75) is 13.8 Å². The summed E-state index contributed by atoms with van der Waals surface area (Å²) in [5, 5.41) is 8.18. The SMILES string of the molecule is CC.CP(C)(=O)OCCO.c1ccccc1. The molecule has 1 aromatic rings. The van der Waals surface area contributed by atoms with Gasteiger partial charge in [-0.1, -0.05) is 50.2 Å². The smallest absolute Gasteiger partial charge is 0.197 e. The Morgan fingerprint density at radius 3 is 1.44 bits per heavy atom. The molecule has 1 rings (SSSR count). The van der Waals surface area contributed by atoms with Crippen molar-refractivity contribution in [1.82, 2.24) is 0 Å². The van der Waals surface area contributed by atoms with Gasteiger partial charge in [0.25, 0.3) is 0 Å². The summed E-state index contributed by atoms with van der Waals surface area (Å²) in [6, 6.07) is 12.0. The van der Waals surface area contributed by atoms with E-state index in [-0.39, 0.29) is 13.2 Å². The highest BCUT2D eigenvalue weighted by molar-refractivity contribution is 7.57. The predicted molar refractivity (Wildman–Crippen MR) is 70.3 cm³/mol. The van der Waals surface area contributed by atoms with Crippen LogP contribution in [0.5, 0.6) is 0 Å². The summed E-state index contributed by atoms with van der Waals surface area (Å²) in [4.78, 5) is 0.